The van der Waals surface area contributed by atoms with Gasteiger partial charge >= 0.3 is 15.5 Å². The summed E-state index contributed by atoms with van der Waals surface area (Å²) in [7, 11) is -5.47. The predicted octanol–water partition coefficient (Wildman–Crippen LogP) is 1.85. The van der Waals surface area contributed by atoms with E-state index >= 15 is 0 Å². The Morgan fingerprint density at radius 2 is 1.95 bits per heavy atom. The van der Waals surface area contributed by atoms with Crippen LogP contribution in [0, 0.1) is 0 Å². The molecular formula is C10H11F3N2O3S2. The summed E-state index contributed by atoms with van der Waals surface area (Å²) in [6.45, 7) is 2.56. The molecule has 1 aromatic heterocycles. The number of alkyl halides is 3. The van der Waals surface area contributed by atoms with Gasteiger partial charge in [-0.2, -0.15) is 26.0 Å². The number of ether oxygens (including phenoxy) is 1. The number of hydrogen-bond donors (Lipinski definition) is 0. The van der Waals surface area contributed by atoms with Gasteiger partial charge < -0.3 is 9.64 Å². The molecule has 0 atom stereocenters. The molecule has 20 heavy (non-hydrogen) atoms. The van der Waals surface area contributed by atoms with E-state index in [1.54, 1.807) is 6.07 Å². The van der Waals surface area contributed by atoms with Crippen molar-refractivity contribution in [2.75, 3.05) is 31.2 Å². The number of halogens is 3. The van der Waals surface area contributed by atoms with Crippen molar-refractivity contribution in [3.63, 3.8) is 0 Å². The second kappa shape index (κ2) is 5.70. The Balaban J connectivity index is 2.10. The molecule has 0 saturated carbocycles. The molecule has 0 aromatic carbocycles. The molecule has 2 rings (SSSR count). The maximum Gasteiger partial charge on any atom is 0.518 e. The van der Waals surface area contributed by atoms with Crippen LogP contribution in [0.15, 0.2) is 16.5 Å². The topological polar surface area (TPSA) is 59.0 Å². The number of nitrogens with zero attached hydrogens (tertiary/aromatic N) is 2. The number of sulfonamides is 1. The van der Waals surface area contributed by atoms with Gasteiger partial charge in [0.25, 0.3) is 0 Å². The van der Waals surface area contributed by atoms with Crippen molar-refractivity contribution in [3.8, 4) is 0 Å². The summed E-state index contributed by atoms with van der Waals surface area (Å²) < 4.78 is 65.7. The Hall–Kier alpha value is -1.13. The molecule has 1 aliphatic rings. The first-order valence-corrected chi connectivity index (χ1v) is 7.84. The van der Waals surface area contributed by atoms with Crippen LogP contribution in [0.3, 0.4) is 0 Å². The van der Waals surface area contributed by atoms with Crippen LogP contribution in [0.25, 0.3) is 0 Å². The van der Waals surface area contributed by atoms with Crippen molar-refractivity contribution in [3.05, 3.63) is 17.0 Å². The summed E-state index contributed by atoms with van der Waals surface area (Å²) >= 11 is 1.18. The molecule has 112 valence electrons. The van der Waals surface area contributed by atoms with Gasteiger partial charge in [0.15, 0.2) is 0 Å². The van der Waals surface area contributed by atoms with Crippen LogP contribution in [-0.4, -0.2) is 46.4 Å². The van der Waals surface area contributed by atoms with E-state index in [4.69, 9.17) is 4.74 Å². The fraction of sp³-hybridized carbons (Fsp3) is 0.500. The molecule has 10 heteroatoms. The van der Waals surface area contributed by atoms with E-state index in [2.05, 4.69) is 4.40 Å². The van der Waals surface area contributed by atoms with Gasteiger partial charge in [-0.1, -0.05) is 0 Å². The molecule has 0 amide bonds. The summed E-state index contributed by atoms with van der Waals surface area (Å²) in [5.74, 6) is 0. The standard InChI is InChI=1S/C10H11F3N2O3S2/c11-10(12,13)20(16,17)14-7-8-1-2-9(19-8)15-3-5-18-6-4-15/h1-2,7H,3-6H2/b14-7+. The summed E-state index contributed by atoms with van der Waals surface area (Å²) in [5.41, 5.74) is -5.37. The molecule has 5 nitrogen and oxygen atoms in total. The normalized spacial score (nSPS) is 17.9. The molecule has 1 aliphatic heterocycles. The highest BCUT2D eigenvalue weighted by Crippen LogP contribution is 2.27. The van der Waals surface area contributed by atoms with Gasteiger partial charge in [-0.25, -0.2) is 0 Å². The van der Waals surface area contributed by atoms with Gasteiger partial charge in [-0.15, -0.1) is 11.3 Å². The van der Waals surface area contributed by atoms with E-state index in [0.29, 0.717) is 31.2 Å². The Bertz CT molecular complexity index is 589. The second-order valence-corrected chi connectivity index (χ2v) is 6.65. The molecular weight excluding hydrogens is 317 g/mol. The molecule has 1 fully saturated rings. The number of rotatable bonds is 3. The smallest absolute Gasteiger partial charge is 0.378 e. The average molecular weight is 328 g/mol. The lowest BCUT2D eigenvalue weighted by atomic mass is 10.4. The van der Waals surface area contributed by atoms with Crippen LogP contribution in [0.4, 0.5) is 18.2 Å². The van der Waals surface area contributed by atoms with Crippen LogP contribution in [0.5, 0.6) is 0 Å². The first-order chi connectivity index (χ1) is 9.29. The van der Waals surface area contributed by atoms with Crippen molar-refractivity contribution in [1.29, 1.82) is 0 Å². The maximum absolute atomic E-state index is 12.1. The first-order valence-electron chi connectivity index (χ1n) is 5.59. The van der Waals surface area contributed by atoms with E-state index < -0.39 is 15.5 Å². The van der Waals surface area contributed by atoms with E-state index in [1.807, 2.05) is 4.90 Å². The highest BCUT2D eigenvalue weighted by molar-refractivity contribution is 7.91. The van der Waals surface area contributed by atoms with Gasteiger partial charge in [0.05, 0.1) is 24.4 Å². The van der Waals surface area contributed by atoms with Crippen LogP contribution >= 0.6 is 11.3 Å². The Labute approximate surface area is 117 Å². The minimum atomic E-state index is -5.47. The monoisotopic (exact) mass is 328 g/mol. The minimum Gasteiger partial charge on any atom is -0.378 e. The van der Waals surface area contributed by atoms with Gasteiger partial charge in [0.2, 0.25) is 0 Å². The largest absolute Gasteiger partial charge is 0.518 e. The third-order valence-electron chi connectivity index (χ3n) is 2.55. The van der Waals surface area contributed by atoms with Crippen molar-refractivity contribution in [2.24, 2.45) is 4.40 Å². The van der Waals surface area contributed by atoms with Gasteiger partial charge in [-0.3, -0.25) is 0 Å². The maximum atomic E-state index is 12.1. The van der Waals surface area contributed by atoms with Crippen molar-refractivity contribution in [2.45, 2.75) is 5.51 Å². The van der Waals surface area contributed by atoms with Crippen LogP contribution in [-0.2, 0) is 14.8 Å². The fourth-order valence-electron chi connectivity index (χ4n) is 1.55. The zero-order valence-corrected chi connectivity index (χ0v) is 11.8. The highest BCUT2D eigenvalue weighted by Gasteiger charge is 2.45. The van der Waals surface area contributed by atoms with Crippen molar-refractivity contribution >= 4 is 32.6 Å². The van der Waals surface area contributed by atoms with Crippen molar-refractivity contribution in [1.82, 2.24) is 0 Å². The van der Waals surface area contributed by atoms with Gasteiger partial charge in [0, 0.05) is 18.0 Å². The fourth-order valence-corrected chi connectivity index (χ4v) is 2.92. The molecule has 0 spiro atoms. The third-order valence-corrected chi connectivity index (χ3v) is 4.60. The Kier molecular flexibility index (Phi) is 4.35. The van der Waals surface area contributed by atoms with Gasteiger partial charge in [-0.05, 0) is 12.1 Å². The molecule has 0 N–H and O–H groups in total. The summed E-state index contributed by atoms with van der Waals surface area (Å²) in [4.78, 5) is 2.36. The summed E-state index contributed by atoms with van der Waals surface area (Å²) in [5, 5.41) is 0.846. The molecule has 0 bridgehead atoms. The van der Waals surface area contributed by atoms with E-state index in [-0.39, 0.29) is 0 Å². The Morgan fingerprint density at radius 3 is 2.55 bits per heavy atom. The lowest BCUT2D eigenvalue weighted by molar-refractivity contribution is -0.0435. The molecule has 0 radical (unpaired) electrons. The molecule has 1 aromatic rings. The Morgan fingerprint density at radius 1 is 1.30 bits per heavy atom. The number of anilines is 1. The van der Waals surface area contributed by atoms with Crippen LogP contribution in [0.1, 0.15) is 4.88 Å². The molecule has 0 aliphatic carbocycles. The molecule has 1 saturated heterocycles. The molecule has 0 unspecified atom stereocenters. The van der Waals surface area contributed by atoms with Crippen LogP contribution < -0.4 is 4.90 Å². The third kappa shape index (κ3) is 3.49. The average Bonchev–Trinajstić information content (AvgIpc) is 2.85. The quantitative estimate of drug-likeness (QED) is 0.795. The zero-order chi connectivity index (χ0) is 14.8. The lowest BCUT2D eigenvalue weighted by Gasteiger charge is -2.27. The second-order valence-electron chi connectivity index (χ2n) is 3.93. The van der Waals surface area contributed by atoms with Crippen LogP contribution in [0.2, 0.25) is 0 Å². The summed E-state index contributed by atoms with van der Waals surface area (Å²) in [6.07, 6.45) is 0.720. The lowest BCUT2D eigenvalue weighted by Crippen LogP contribution is -2.35. The number of thiophene rings is 1. The van der Waals surface area contributed by atoms with Gasteiger partial charge in [0.1, 0.15) is 0 Å². The van der Waals surface area contributed by atoms with E-state index in [9.17, 15) is 21.6 Å². The SMILES string of the molecule is O=S(=O)(/N=C/c1ccc(N2CCOCC2)s1)C(F)(F)F. The number of hydrogen-bond acceptors (Lipinski definition) is 5. The molecule has 2 heterocycles. The minimum absolute atomic E-state index is 0.347. The number of morpholine rings is 1. The first kappa shape index (κ1) is 15.3. The van der Waals surface area contributed by atoms with E-state index in [1.165, 1.54) is 17.4 Å². The zero-order valence-electron chi connectivity index (χ0n) is 10.1. The van der Waals surface area contributed by atoms with Crippen molar-refractivity contribution < 1.29 is 26.3 Å². The highest BCUT2D eigenvalue weighted by atomic mass is 32.2. The predicted molar refractivity (Wildman–Crippen MR) is 69.9 cm³/mol. The summed E-state index contributed by atoms with van der Waals surface area (Å²) in [6, 6.07) is 3.25. The van der Waals surface area contributed by atoms with E-state index in [0.717, 1.165) is 11.2 Å².